The average molecular weight is 570 g/mol. The normalized spacial score (nSPS) is 15.3. The van der Waals surface area contributed by atoms with Crippen LogP contribution in [0.5, 0.6) is 5.75 Å². The number of carbonyl (C=O) groups is 2. The highest BCUT2D eigenvalue weighted by molar-refractivity contribution is 8.00. The second-order valence-corrected chi connectivity index (χ2v) is 11.3. The summed E-state index contributed by atoms with van der Waals surface area (Å²) in [6.07, 6.45) is 3.04. The summed E-state index contributed by atoms with van der Waals surface area (Å²) in [5, 5.41) is 19.9. The van der Waals surface area contributed by atoms with Gasteiger partial charge in [0.15, 0.2) is 15.9 Å². The molecule has 3 aromatic carbocycles. The number of aromatic nitrogens is 2. The van der Waals surface area contributed by atoms with E-state index in [1.54, 1.807) is 30.3 Å². The fourth-order valence-corrected chi connectivity index (χ4v) is 6.15. The number of benzene rings is 3. The third kappa shape index (κ3) is 6.00. The number of ether oxygens (including phenoxy) is 1. The van der Waals surface area contributed by atoms with Crippen molar-refractivity contribution >= 4 is 46.0 Å². The smallest absolute Gasteiger partial charge is 0.296 e. The van der Waals surface area contributed by atoms with E-state index in [-0.39, 0.29) is 5.57 Å². The van der Waals surface area contributed by atoms with Gasteiger partial charge in [-0.15, -0.1) is 10.2 Å². The van der Waals surface area contributed by atoms with Crippen molar-refractivity contribution < 1.29 is 19.4 Å². The van der Waals surface area contributed by atoms with E-state index < -0.39 is 23.5 Å². The van der Waals surface area contributed by atoms with Crippen LogP contribution in [-0.4, -0.2) is 33.6 Å². The van der Waals surface area contributed by atoms with E-state index in [2.05, 4.69) is 34.5 Å². The highest BCUT2D eigenvalue weighted by Gasteiger charge is 2.45. The number of allylic oxidation sites excluding steroid dienone is 1. The largest absolute Gasteiger partial charge is 0.503 e. The molecule has 0 radical (unpaired) electrons. The number of hydrogen-bond acceptors (Lipinski definition) is 8. The van der Waals surface area contributed by atoms with Gasteiger partial charge in [-0.2, -0.15) is 0 Å². The maximum atomic E-state index is 13.5. The second kappa shape index (κ2) is 12.3. The van der Waals surface area contributed by atoms with Crippen LogP contribution in [0.3, 0.4) is 0 Å². The topological polar surface area (TPSA) is 92.6 Å². The van der Waals surface area contributed by atoms with E-state index in [0.29, 0.717) is 33.1 Å². The molecular formula is C31H27N3O4S2. The first-order chi connectivity index (χ1) is 19.4. The highest BCUT2D eigenvalue weighted by atomic mass is 32.2. The Kier molecular flexibility index (Phi) is 8.42. The number of aryl methyl sites for hydroxylation is 1. The monoisotopic (exact) mass is 569 g/mol. The number of anilines is 1. The standard InChI is InChI=1S/C31H27N3O4S2/c1-3-38-24-11-7-10-23(18-24)27-26(25(35)17-16-21-8-5-4-6-9-21)28(36)29(37)34(27)30-32-33-31(40-30)39-19-22-14-12-20(2)13-15-22/h4-18,27,36H,3,19H2,1-2H3. The Morgan fingerprint density at radius 2 is 1.85 bits per heavy atom. The number of hydrogen-bond donors (Lipinski definition) is 1. The van der Waals surface area contributed by atoms with Crippen LogP contribution in [0.4, 0.5) is 5.13 Å². The Bertz CT molecular complexity index is 1580. The zero-order chi connectivity index (χ0) is 28.1. The summed E-state index contributed by atoms with van der Waals surface area (Å²) in [4.78, 5) is 28.3. The predicted octanol–water partition coefficient (Wildman–Crippen LogP) is 6.72. The van der Waals surface area contributed by atoms with Gasteiger partial charge in [-0.25, -0.2) is 0 Å². The van der Waals surface area contributed by atoms with Crippen molar-refractivity contribution in [2.24, 2.45) is 0 Å². The molecule has 1 amide bonds. The van der Waals surface area contributed by atoms with Crippen molar-refractivity contribution in [3.63, 3.8) is 0 Å². The van der Waals surface area contributed by atoms with E-state index in [1.807, 2.05) is 44.2 Å². The van der Waals surface area contributed by atoms with Crippen molar-refractivity contribution in [2.45, 2.75) is 30.0 Å². The number of aliphatic hydroxyl groups excluding tert-OH is 1. The Balaban J connectivity index is 1.47. The van der Waals surface area contributed by atoms with E-state index in [4.69, 9.17) is 4.74 Å². The van der Waals surface area contributed by atoms with Gasteiger partial charge >= 0.3 is 0 Å². The molecule has 0 fully saturated rings. The van der Waals surface area contributed by atoms with Gasteiger partial charge in [0, 0.05) is 5.75 Å². The molecule has 0 saturated heterocycles. The molecule has 9 heteroatoms. The molecule has 40 heavy (non-hydrogen) atoms. The Morgan fingerprint density at radius 1 is 1.07 bits per heavy atom. The lowest BCUT2D eigenvalue weighted by molar-refractivity contribution is -0.117. The molecule has 0 saturated carbocycles. The Morgan fingerprint density at radius 3 is 2.60 bits per heavy atom. The summed E-state index contributed by atoms with van der Waals surface area (Å²) in [5.41, 5.74) is 3.76. The number of rotatable bonds is 10. The number of aliphatic hydroxyl groups is 1. The third-order valence-corrected chi connectivity index (χ3v) is 8.40. The zero-order valence-corrected chi connectivity index (χ0v) is 23.6. The molecule has 1 aromatic heterocycles. The fraction of sp³-hybridized carbons (Fsp3) is 0.161. The van der Waals surface area contributed by atoms with Crippen molar-refractivity contribution in [3.8, 4) is 5.75 Å². The van der Waals surface area contributed by atoms with Gasteiger partial charge in [0.1, 0.15) is 5.75 Å². The molecule has 1 aliphatic heterocycles. The van der Waals surface area contributed by atoms with Gasteiger partial charge in [0.05, 0.1) is 18.2 Å². The third-order valence-electron chi connectivity index (χ3n) is 6.27. The minimum Gasteiger partial charge on any atom is -0.503 e. The Labute approximate surface area is 240 Å². The molecule has 1 unspecified atom stereocenters. The van der Waals surface area contributed by atoms with Gasteiger partial charge < -0.3 is 9.84 Å². The van der Waals surface area contributed by atoms with Crippen molar-refractivity contribution in [1.82, 2.24) is 10.2 Å². The van der Waals surface area contributed by atoms with Crippen LogP contribution < -0.4 is 9.64 Å². The molecule has 0 spiro atoms. The maximum absolute atomic E-state index is 13.5. The van der Waals surface area contributed by atoms with Gasteiger partial charge in [-0.1, -0.05) is 101 Å². The molecule has 202 valence electrons. The molecule has 0 aliphatic carbocycles. The lowest BCUT2D eigenvalue weighted by Gasteiger charge is -2.24. The summed E-state index contributed by atoms with van der Waals surface area (Å²) >= 11 is 2.76. The average Bonchev–Trinajstić information content (AvgIpc) is 3.54. The molecule has 1 N–H and O–H groups in total. The summed E-state index contributed by atoms with van der Waals surface area (Å²) < 4.78 is 6.35. The summed E-state index contributed by atoms with van der Waals surface area (Å²) in [5.74, 6) is -0.479. The predicted molar refractivity (Wildman–Crippen MR) is 159 cm³/mol. The Hall–Kier alpha value is -4.21. The van der Waals surface area contributed by atoms with Gasteiger partial charge in [-0.05, 0) is 48.7 Å². The van der Waals surface area contributed by atoms with Crippen LogP contribution in [0, 0.1) is 6.92 Å². The van der Waals surface area contributed by atoms with Crippen molar-refractivity contribution in [2.75, 3.05) is 11.5 Å². The number of carbonyl (C=O) groups excluding carboxylic acids is 2. The lowest BCUT2D eigenvalue weighted by Crippen LogP contribution is -2.30. The first kappa shape index (κ1) is 27.4. The summed E-state index contributed by atoms with van der Waals surface area (Å²) in [7, 11) is 0. The first-order valence-corrected chi connectivity index (χ1v) is 14.5. The van der Waals surface area contributed by atoms with Crippen molar-refractivity contribution in [1.29, 1.82) is 0 Å². The van der Waals surface area contributed by atoms with Crippen LogP contribution in [0.25, 0.3) is 6.08 Å². The van der Waals surface area contributed by atoms with E-state index >= 15 is 0 Å². The van der Waals surface area contributed by atoms with Crippen molar-refractivity contribution in [3.05, 3.63) is 119 Å². The molecule has 7 nitrogen and oxygen atoms in total. The molecule has 1 aliphatic rings. The van der Waals surface area contributed by atoms with Gasteiger partial charge in [0.2, 0.25) is 5.13 Å². The minimum absolute atomic E-state index is 0.0186. The fourth-order valence-electron chi connectivity index (χ4n) is 4.32. The lowest BCUT2D eigenvalue weighted by atomic mass is 9.95. The number of nitrogens with zero attached hydrogens (tertiary/aromatic N) is 3. The first-order valence-electron chi connectivity index (χ1n) is 12.7. The summed E-state index contributed by atoms with van der Waals surface area (Å²) in [6, 6.07) is 23.9. The quantitative estimate of drug-likeness (QED) is 0.129. The molecule has 2 heterocycles. The molecule has 1 atom stereocenters. The highest BCUT2D eigenvalue weighted by Crippen LogP contribution is 2.44. The van der Waals surface area contributed by atoms with Crippen LogP contribution in [0.15, 0.2) is 101 Å². The van der Waals surface area contributed by atoms with Crippen LogP contribution in [0.1, 0.15) is 35.2 Å². The van der Waals surface area contributed by atoms with E-state index in [0.717, 1.165) is 11.1 Å². The van der Waals surface area contributed by atoms with Crippen LogP contribution in [-0.2, 0) is 15.3 Å². The maximum Gasteiger partial charge on any atom is 0.296 e. The summed E-state index contributed by atoms with van der Waals surface area (Å²) in [6.45, 7) is 4.38. The molecule has 5 rings (SSSR count). The van der Waals surface area contributed by atoms with E-state index in [1.165, 1.54) is 39.6 Å². The van der Waals surface area contributed by atoms with Crippen LogP contribution in [0.2, 0.25) is 0 Å². The zero-order valence-electron chi connectivity index (χ0n) is 22.0. The second-order valence-electron chi connectivity index (χ2n) is 9.08. The molecule has 0 bridgehead atoms. The molecule has 4 aromatic rings. The minimum atomic E-state index is -0.899. The molecular weight excluding hydrogens is 542 g/mol. The van der Waals surface area contributed by atoms with Crippen LogP contribution >= 0.6 is 23.1 Å². The number of amides is 1. The van der Waals surface area contributed by atoms with Gasteiger partial charge in [-0.3, -0.25) is 14.5 Å². The number of ketones is 1. The SMILES string of the molecule is CCOc1cccc(C2C(C(=O)C=Cc3ccccc3)=C(O)C(=O)N2c2nnc(SCc3ccc(C)cc3)s2)c1. The number of thioether (sulfide) groups is 1. The van der Waals surface area contributed by atoms with E-state index in [9.17, 15) is 14.7 Å². The van der Waals surface area contributed by atoms with Gasteiger partial charge in [0.25, 0.3) is 5.91 Å².